The van der Waals surface area contributed by atoms with Gasteiger partial charge in [-0.1, -0.05) is 48.0 Å². The molecule has 5 N–H and O–H groups in total. The van der Waals surface area contributed by atoms with Crippen LogP contribution in [0.2, 0.25) is 5.02 Å². The molecule has 2 saturated heterocycles. The maximum atomic E-state index is 13.6. The van der Waals surface area contributed by atoms with Crippen LogP contribution in [-0.2, 0) is 43.2 Å². The Hall–Kier alpha value is -3.03. The number of halogens is 1. The second kappa shape index (κ2) is 12.9. The third-order valence-corrected chi connectivity index (χ3v) is 8.41. The third-order valence-electron chi connectivity index (χ3n) is 6.87. The molecule has 3 amide bonds. The highest BCUT2D eigenvalue weighted by atomic mass is 35.5. The van der Waals surface area contributed by atoms with Crippen LogP contribution in [0, 0.1) is 0 Å². The number of nitrogens with one attached hydrogen (secondary N) is 3. The first-order chi connectivity index (χ1) is 18.7. The minimum absolute atomic E-state index is 0.164. The van der Waals surface area contributed by atoms with E-state index in [-0.39, 0.29) is 25.4 Å². The average Bonchev–Trinajstić information content (AvgIpc) is 2.90. The summed E-state index contributed by atoms with van der Waals surface area (Å²) in [4.78, 5) is 42.7. The van der Waals surface area contributed by atoms with Crippen LogP contribution in [0.5, 0.6) is 0 Å². The Morgan fingerprint density at radius 3 is 2.38 bits per heavy atom. The van der Waals surface area contributed by atoms with E-state index in [1.54, 1.807) is 48.5 Å². The van der Waals surface area contributed by atoms with Gasteiger partial charge in [-0.2, -0.15) is 4.72 Å². The van der Waals surface area contributed by atoms with E-state index in [2.05, 4.69) is 15.4 Å². The number of carbonyl (C=O) groups is 3. The lowest BCUT2D eigenvalue weighted by atomic mass is 9.99. The van der Waals surface area contributed by atoms with Gasteiger partial charge in [-0.3, -0.25) is 14.4 Å². The van der Waals surface area contributed by atoms with E-state index in [4.69, 9.17) is 17.3 Å². The Labute approximate surface area is 233 Å². The predicted octanol–water partition coefficient (Wildman–Crippen LogP) is -0.0642. The number of hydrogen-bond acceptors (Lipinski definition) is 7. The van der Waals surface area contributed by atoms with Crippen LogP contribution < -0.4 is 21.1 Å². The number of nitrogens with two attached hydrogens (primary N) is 1. The molecule has 0 aromatic heterocycles. The van der Waals surface area contributed by atoms with E-state index in [0.29, 0.717) is 43.2 Å². The summed E-state index contributed by atoms with van der Waals surface area (Å²) in [6, 6.07) is 11.2. The zero-order valence-electron chi connectivity index (χ0n) is 21.4. The van der Waals surface area contributed by atoms with E-state index in [0.717, 1.165) is 11.1 Å². The molecule has 13 heteroatoms. The van der Waals surface area contributed by atoms with E-state index in [1.807, 2.05) is 0 Å². The largest absolute Gasteiger partial charge is 0.350 e. The highest BCUT2D eigenvalue weighted by molar-refractivity contribution is 7.88. The van der Waals surface area contributed by atoms with Crippen molar-refractivity contribution < 1.29 is 22.8 Å². The molecule has 2 aromatic rings. The second-order valence-corrected chi connectivity index (χ2v) is 11.7. The van der Waals surface area contributed by atoms with E-state index in [1.165, 1.54) is 9.80 Å². The van der Waals surface area contributed by atoms with Gasteiger partial charge in [0.1, 0.15) is 6.04 Å². The van der Waals surface area contributed by atoms with Crippen molar-refractivity contribution >= 4 is 39.3 Å². The van der Waals surface area contributed by atoms with Crippen LogP contribution in [0.15, 0.2) is 48.5 Å². The second-order valence-electron chi connectivity index (χ2n) is 9.54. The SMILES string of the molecule is NCc1ccc(Cl)cc1CNC(=O)[C@@H]1CCN1C(=O)C(NS(=O)(=O)Cc1ccccc1)C(=O)N1CCNCC1. The number of hydrogen-bond donors (Lipinski definition) is 4. The molecule has 4 rings (SSSR count). The smallest absolute Gasteiger partial charge is 0.251 e. The molecule has 2 aromatic carbocycles. The molecule has 0 spiro atoms. The third kappa shape index (κ3) is 7.34. The maximum Gasteiger partial charge on any atom is 0.251 e. The molecule has 210 valence electrons. The van der Waals surface area contributed by atoms with E-state index < -0.39 is 39.8 Å². The van der Waals surface area contributed by atoms with E-state index >= 15 is 0 Å². The molecule has 2 fully saturated rings. The highest BCUT2D eigenvalue weighted by Gasteiger charge is 2.44. The zero-order chi connectivity index (χ0) is 28.0. The zero-order valence-corrected chi connectivity index (χ0v) is 23.0. The quantitative estimate of drug-likeness (QED) is 0.289. The number of rotatable bonds is 10. The fourth-order valence-corrected chi connectivity index (χ4v) is 6.11. The summed E-state index contributed by atoms with van der Waals surface area (Å²) in [5.41, 5.74) is 7.89. The first-order valence-electron chi connectivity index (χ1n) is 12.8. The van der Waals surface area contributed by atoms with Crippen molar-refractivity contribution in [3.8, 4) is 0 Å². The summed E-state index contributed by atoms with van der Waals surface area (Å²) in [5, 5.41) is 6.45. The Balaban J connectivity index is 1.48. The molecule has 2 atom stereocenters. The molecule has 11 nitrogen and oxygen atoms in total. The number of sulfonamides is 1. The van der Waals surface area contributed by atoms with Gasteiger partial charge >= 0.3 is 0 Å². The molecule has 0 saturated carbocycles. The summed E-state index contributed by atoms with van der Waals surface area (Å²) < 4.78 is 28.4. The topological polar surface area (TPSA) is 154 Å². The molecule has 2 heterocycles. The summed E-state index contributed by atoms with van der Waals surface area (Å²) in [7, 11) is -4.06. The molecular formula is C26H33ClN6O5S. The first kappa shape index (κ1) is 29.0. The maximum absolute atomic E-state index is 13.6. The molecular weight excluding hydrogens is 544 g/mol. The standard InChI is InChI=1S/C26H33ClN6O5S/c27-21-7-6-19(15-28)20(14-21)16-30-24(34)22-8-11-33(22)26(36)23(25(35)32-12-9-29-10-13-32)31-39(37,38)17-18-4-2-1-3-5-18/h1-7,14,22-23,29,31H,8-13,15-17,28H2,(H,30,34)/t22-,23?/m0/s1. The molecule has 2 aliphatic heterocycles. The van der Waals surface area contributed by atoms with Gasteiger partial charge in [-0.05, 0) is 35.2 Å². The monoisotopic (exact) mass is 576 g/mol. The fourth-order valence-electron chi connectivity index (χ4n) is 4.64. The van der Waals surface area contributed by atoms with Crippen LogP contribution in [0.4, 0.5) is 0 Å². The van der Waals surface area contributed by atoms with Crippen molar-refractivity contribution in [1.82, 2.24) is 25.2 Å². The van der Waals surface area contributed by atoms with Crippen molar-refractivity contribution in [3.05, 3.63) is 70.2 Å². The number of piperazine rings is 1. The lowest BCUT2D eigenvalue weighted by molar-refractivity contribution is -0.153. The minimum atomic E-state index is -4.06. The number of carbonyl (C=O) groups excluding carboxylic acids is 3. The summed E-state index contributed by atoms with van der Waals surface area (Å²) >= 11 is 6.08. The van der Waals surface area contributed by atoms with Gasteiger partial charge in [0.2, 0.25) is 15.9 Å². The van der Waals surface area contributed by atoms with Crippen molar-refractivity contribution in [1.29, 1.82) is 0 Å². The van der Waals surface area contributed by atoms with Gasteiger partial charge in [0.25, 0.3) is 11.8 Å². The molecule has 2 aliphatic rings. The Morgan fingerprint density at radius 1 is 1.03 bits per heavy atom. The van der Waals surface area contributed by atoms with Gasteiger partial charge in [0.15, 0.2) is 6.04 Å². The van der Waals surface area contributed by atoms with Gasteiger partial charge in [0, 0.05) is 50.8 Å². The van der Waals surface area contributed by atoms with Crippen LogP contribution in [-0.4, -0.2) is 80.7 Å². The minimum Gasteiger partial charge on any atom is -0.350 e. The van der Waals surface area contributed by atoms with Gasteiger partial charge in [-0.25, -0.2) is 8.42 Å². The van der Waals surface area contributed by atoms with Gasteiger partial charge in [0.05, 0.1) is 5.75 Å². The fraction of sp³-hybridized carbons (Fsp3) is 0.423. The highest BCUT2D eigenvalue weighted by Crippen LogP contribution is 2.21. The average molecular weight is 577 g/mol. The van der Waals surface area contributed by atoms with Crippen LogP contribution in [0.25, 0.3) is 0 Å². The lowest BCUT2D eigenvalue weighted by Crippen LogP contribution is -2.66. The van der Waals surface area contributed by atoms with Gasteiger partial charge < -0.3 is 26.2 Å². The Bertz CT molecular complexity index is 1300. The number of amides is 3. The summed E-state index contributed by atoms with van der Waals surface area (Å²) in [5.74, 6) is -2.17. The van der Waals surface area contributed by atoms with Crippen molar-refractivity contribution in [2.45, 2.75) is 37.3 Å². The molecule has 1 unspecified atom stereocenters. The summed E-state index contributed by atoms with van der Waals surface area (Å²) in [6.07, 6.45) is 0.391. The molecule has 0 aliphatic carbocycles. The van der Waals surface area contributed by atoms with E-state index in [9.17, 15) is 22.8 Å². The Kier molecular flexibility index (Phi) is 9.57. The van der Waals surface area contributed by atoms with Gasteiger partial charge in [-0.15, -0.1) is 0 Å². The van der Waals surface area contributed by atoms with Crippen molar-refractivity contribution in [2.75, 3.05) is 32.7 Å². The first-order valence-corrected chi connectivity index (χ1v) is 14.8. The Morgan fingerprint density at radius 2 is 1.74 bits per heavy atom. The lowest BCUT2D eigenvalue weighted by Gasteiger charge is -2.42. The number of benzene rings is 2. The predicted molar refractivity (Wildman–Crippen MR) is 147 cm³/mol. The number of likely N-dealkylation sites (tertiary alicyclic amines) is 1. The molecule has 0 radical (unpaired) electrons. The van der Waals surface area contributed by atoms with Crippen LogP contribution >= 0.6 is 11.6 Å². The number of nitrogens with zero attached hydrogens (tertiary/aromatic N) is 2. The normalized spacial score (nSPS) is 18.3. The van der Waals surface area contributed by atoms with Crippen LogP contribution in [0.3, 0.4) is 0 Å². The van der Waals surface area contributed by atoms with Crippen molar-refractivity contribution in [3.63, 3.8) is 0 Å². The van der Waals surface area contributed by atoms with Crippen molar-refractivity contribution in [2.24, 2.45) is 5.73 Å². The molecule has 39 heavy (non-hydrogen) atoms. The summed E-state index contributed by atoms with van der Waals surface area (Å²) in [6.45, 7) is 2.42. The van der Waals surface area contributed by atoms with Crippen LogP contribution in [0.1, 0.15) is 23.1 Å². The molecule has 0 bridgehead atoms.